The second-order valence-electron chi connectivity index (χ2n) is 4.59. The van der Waals surface area contributed by atoms with Crippen LogP contribution in [0.15, 0.2) is 0 Å². The molecular weight excluding hydrogens is 258 g/mol. The second kappa shape index (κ2) is 6.17. The molecule has 0 spiro atoms. The van der Waals surface area contributed by atoms with Crippen molar-refractivity contribution in [1.29, 1.82) is 0 Å². The summed E-state index contributed by atoms with van der Waals surface area (Å²) in [6.45, 7) is 2.41. The van der Waals surface area contributed by atoms with Gasteiger partial charge in [0.15, 0.2) is 9.84 Å². The number of likely N-dealkylation sites (tertiary alicyclic amines) is 1. The molecule has 1 heterocycles. The molecule has 1 aliphatic rings. The number of carbonyl (C=O) groups excluding carboxylic acids is 1. The highest BCUT2D eigenvalue weighted by atomic mass is 32.2. The number of nitrogens with zero attached hydrogens (tertiary/aromatic N) is 1. The van der Waals surface area contributed by atoms with Gasteiger partial charge in [0, 0.05) is 13.1 Å². The zero-order valence-corrected chi connectivity index (χ0v) is 11.3. The maximum atomic E-state index is 11.8. The van der Waals surface area contributed by atoms with E-state index in [4.69, 9.17) is 5.11 Å². The lowest BCUT2D eigenvalue weighted by Crippen LogP contribution is -2.43. The molecule has 0 unspecified atom stereocenters. The van der Waals surface area contributed by atoms with E-state index in [1.54, 1.807) is 6.92 Å². The molecule has 0 aliphatic carbocycles. The van der Waals surface area contributed by atoms with Gasteiger partial charge in [-0.3, -0.25) is 9.59 Å². The Morgan fingerprint density at radius 2 is 1.83 bits per heavy atom. The summed E-state index contributed by atoms with van der Waals surface area (Å²) < 4.78 is 23.0. The summed E-state index contributed by atoms with van der Waals surface area (Å²) in [5, 5.41) is 8.82. The first-order chi connectivity index (χ1) is 8.35. The summed E-state index contributed by atoms with van der Waals surface area (Å²) in [5.41, 5.74) is 0. The number of carboxylic acid groups (broad SMARTS) is 1. The Kier molecular flexibility index (Phi) is 5.13. The quantitative estimate of drug-likeness (QED) is 0.771. The number of aliphatic carboxylic acids is 1. The molecule has 0 atom stereocenters. The molecule has 0 aromatic carbocycles. The zero-order chi connectivity index (χ0) is 13.8. The Morgan fingerprint density at radius 3 is 2.28 bits per heavy atom. The number of sulfone groups is 1. The molecule has 104 valence electrons. The number of rotatable bonds is 5. The number of carbonyl (C=O) groups is 2. The summed E-state index contributed by atoms with van der Waals surface area (Å²) in [6.07, 6.45) is 1.29. The average Bonchev–Trinajstić information content (AvgIpc) is 2.28. The van der Waals surface area contributed by atoms with E-state index < -0.39 is 33.4 Å². The fraction of sp³-hybridized carbons (Fsp3) is 0.818. The summed E-state index contributed by atoms with van der Waals surface area (Å²) >= 11 is 0. The zero-order valence-electron chi connectivity index (χ0n) is 10.5. The fourth-order valence-corrected chi connectivity index (χ4v) is 3.36. The third kappa shape index (κ3) is 4.29. The van der Waals surface area contributed by atoms with Gasteiger partial charge in [-0.05, 0) is 19.3 Å². The highest BCUT2D eigenvalue weighted by molar-refractivity contribution is 7.92. The number of carboxylic acids is 1. The van der Waals surface area contributed by atoms with E-state index >= 15 is 0 Å². The summed E-state index contributed by atoms with van der Waals surface area (Å²) in [5.74, 6) is -2.11. The van der Waals surface area contributed by atoms with Crippen molar-refractivity contribution in [3.8, 4) is 0 Å². The highest BCUT2D eigenvalue weighted by Gasteiger charge is 2.28. The van der Waals surface area contributed by atoms with Crippen LogP contribution in [-0.2, 0) is 19.4 Å². The Balaban J connectivity index is 2.48. The second-order valence-corrected chi connectivity index (χ2v) is 6.77. The molecule has 0 aromatic rings. The van der Waals surface area contributed by atoms with Crippen molar-refractivity contribution >= 4 is 21.7 Å². The predicted molar refractivity (Wildman–Crippen MR) is 65.9 cm³/mol. The van der Waals surface area contributed by atoms with Gasteiger partial charge in [0.2, 0.25) is 5.91 Å². The van der Waals surface area contributed by atoms with Crippen LogP contribution in [0, 0.1) is 5.92 Å². The normalized spacial score (nSPS) is 17.7. The summed E-state index contributed by atoms with van der Waals surface area (Å²) in [4.78, 5) is 24.0. The molecule has 6 nitrogen and oxygen atoms in total. The maximum Gasteiger partial charge on any atom is 0.306 e. The van der Waals surface area contributed by atoms with Gasteiger partial charge < -0.3 is 10.0 Å². The molecular formula is C11H19NO5S. The lowest BCUT2D eigenvalue weighted by Gasteiger charge is -2.30. The van der Waals surface area contributed by atoms with Crippen LogP contribution in [0.2, 0.25) is 0 Å². The SMILES string of the molecule is CCCS(=O)(=O)CC(=O)N1CCC(C(=O)O)CC1. The van der Waals surface area contributed by atoms with Crippen molar-refractivity contribution in [3.63, 3.8) is 0 Å². The van der Waals surface area contributed by atoms with Crippen LogP contribution in [0.4, 0.5) is 0 Å². The first-order valence-electron chi connectivity index (χ1n) is 6.06. The number of hydrogen-bond acceptors (Lipinski definition) is 4. The van der Waals surface area contributed by atoms with Crippen molar-refractivity contribution in [3.05, 3.63) is 0 Å². The molecule has 1 fully saturated rings. The molecule has 0 aromatic heterocycles. The highest BCUT2D eigenvalue weighted by Crippen LogP contribution is 2.17. The molecule has 7 heteroatoms. The Bertz CT molecular complexity index is 409. The molecule has 0 saturated carbocycles. The molecule has 1 amide bonds. The molecule has 0 bridgehead atoms. The van der Waals surface area contributed by atoms with E-state index in [1.807, 2.05) is 0 Å². The number of hydrogen-bond donors (Lipinski definition) is 1. The first-order valence-corrected chi connectivity index (χ1v) is 7.89. The average molecular weight is 277 g/mol. The van der Waals surface area contributed by atoms with Gasteiger partial charge in [0.25, 0.3) is 0 Å². The minimum Gasteiger partial charge on any atom is -0.481 e. The molecule has 1 saturated heterocycles. The van der Waals surface area contributed by atoms with Crippen LogP contribution in [-0.4, -0.2) is 54.9 Å². The first kappa shape index (κ1) is 14.9. The van der Waals surface area contributed by atoms with Gasteiger partial charge in [-0.15, -0.1) is 0 Å². The van der Waals surface area contributed by atoms with Gasteiger partial charge in [0.1, 0.15) is 5.75 Å². The van der Waals surface area contributed by atoms with Gasteiger partial charge in [-0.1, -0.05) is 6.92 Å². The molecule has 1 rings (SSSR count). The molecule has 1 aliphatic heterocycles. The third-order valence-corrected chi connectivity index (χ3v) is 4.77. The van der Waals surface area contributed by atoms with Crippen LogP contribution in [0.1, 0.15) is 26.2 Å². The van der Waals surface area contributed by atoms with E-state index in [0.717, 1.165) is 0 Å². The van der Waals surface area contributed by atoms with E-state index in [9.17, 15) is 18.0 Å². The van der Waals surface area contributed by atoms with Crippen LogP contribution in [0.5, 0.6) is 0 Å². The van der Waals surface area contributed by atoms with Crippen molar-refractivity contribution in [2.45, 2.75) is 26.2 Å². The lowest BCUT2D eigenvalue weighted by atomic mass is 9.97. The number of piperidine rings is 1. The Morgan fingerprint density at radius 1 is 1.28 bits per heavy atom. The van der Waals surface area contributed by atoms with Crippen molar-refractivity contribution in [1.82, 2.24) is 4.90 Å². The molecule has 18 heavy (non-hydrogen) atoms. The van der Waals surface area contributed by atoms with Crippen LogP contribution < -0.4 is 0 Å². The monoisotopic (exact) mass is 277 g/mol. The Labute approximate surface area is 107 Å². The van der Waals surface area contributed by atoms with E-state index in [1.165, 1.54) is 4.90 Å². The predicted octanol–water partition coefficient (Wildman–Crippen LogP) is 0.134. The molecule has 0 radical (unpaired) electrons. The fourth-order valence-electron chi connectivity index (χ4n) is 2.04. The van der Waals surface area contributed by atoms with E-state index in [2.05, 4.69) is 0 Å². The largest absolute Gasteiger partial charge is 0.481 e. The number of amides is 1. The van der Waals surface area contributed by atoms with Gasteiger partial charge >= 0.3 is 5.97 Å². The smallest absolute Gasteiger partial charge is 0.306 e. The van der Waals surface area contributed by atoms with E-state index in [0.29, 0.717) is 32.4 Å². The van der Waals surface area contributed by atoms with E-state index in [-0.39, 0.29) is 5.75 Å². The molecule has 1 N–H and O–H groups in total. The third-order valence-electron chi connectivity index (χ3n) is 3.06. The van der Waals surface area contributed by atoms with Gasteiger partial charge in [-0.2, -0.15) is 0 Å². The summed E-state index contributed by atoms with van der Waals surface area (Å²) in [6, 6.07) is 0. The van der Waals surface area contributed by atoms with Crippen molar-refractivity contribution in [2.24, 2.45) is 5.92 Å². The topological polar surface area (TPSA) is 91.8 Å². The van der Waals surface area contributed by atoms with Crippen LogP contribution >= 0.6 is 0 Å². The van der Waals surface area contributed by atoms with Gasteiger partial charge in [0.05, 0.1) is 11.7 Å². The van der Waals surface area contributed by atoms with Crippen molar-refractivity contribution in [2.75, 3.05) is 24.6 Å². The van der Waals surface area contributed by atoms with Crippen molar-refractivity contribution < 1.29 is 23.1 Å². The van der Waals surface area contributed by atoms with Crippen LogP contribution in [0.25, 0.3) is 0 Å². The van der Waals surface area contributed by atoms with Gasteiger partial charge in [-0.25, -0.2) is 8.42 Å². The van der Waals surface area contributed by atoms with Crippen LogP contribution in [0.3, 0.4) is 0 Å². The summed E-state index contributed by atoms with van der Waals surface area (Å²) in [7, 11) is -3.32. The maximum absolute atomic E-state index is 11.8. The lowest BCUT2D eigenvalue weighted by molar-refractivity contribution is -0.145. The minimum absolute atomic E-state index is 0.0182. The standard InChI is InChI=1S/C11H19NO5S/c1-2-7-18(16,17)8-10(13)12-5-3-9(4-6-12)11(14)15/h9H,2-8H2,1H3,(H,14,15). The Hall–Kier alpha value is -1.11. The minimum atomic E-state index is -3.32.